The van der Waals surface area contributed by atoms with Crippen molar-refractivity contribution in [2.75, 3.05) is 0 Å². The highest BCUT2D eigenvalue weighted by Gasteiger charge is 2.50. The predicted octanol–water partition coefficient (Wildman–Crippen LogP) is 2.70. The highest BCUT2D eigenvalue weighted by molar-refractivity contribution is 7.12. The summed E-state index contributed by atoms with van der Waals surface area (Å²) in [5.41, 5.74) is 0.477. The second kappa shape index (κ2) is 3.08. The van der Waals surface area contributed by atoms with E-state index < -0.39 is 11.5 Å². The summed E-state index contributed by atoms with van der Waals surface area (Å²) in [5.74, 6) is 0. The van der Waals surface area contributed by atoms with Crippen molar-refractivity contribution in [3.63, 3.8) is 0 Å². The molecule has 0 spiro atoms. The Balaban J connectivity index is 2.32. The molecule has 2 rings (SSSR count). The first-order valence-corrected chi connectivity index (χ1v) is 5.57. The number of rotatable bonds is 2. The van der Waals surface area contributed by atoms with E-state index in [1.165, 1.54) is 4.88 Å². The molecular weight excluding hydrogens is 194 g/mol. The Kier molecular flexibility index (Phi) is 2.13. The lowest BCUT2D eigenvalue weighted by molar-refractivity contribution is 0.123. The molecule has 0 saturated heterocycles. The minimum Gasteiger partial charge on any atom is -0.387 e. The summed E-state index contributed by atoms with van der Waals surface area (Å²) in [5, 5.41) is 19.1. The topological polar surface area (TPSA) is 44.0 Å². The molecule has 0 bridgehead atoms. The van der Waals surface area contributed by atoms with Crippen molar-refractivity contribution in [3.8, 4) is 6.07 Å². The van der Waals surface area contributed by atoms with Gasteiger partial charge < -0.3 is 5.11 Å². The molecule has 1 unspecified atom stereocenters. The van der Waals surface area contributed by atoms with Crippen LogP contribution in [0.5, 0.6) is 0 Å². The van der Waals surface area contributed by atoms with Crippen LogP contribution in [-0.2, 0) is 0 Å². The first-order chi connectivity index (χ1) is 6.59. The van der Waals surface area contributed by atoms with Gasteiger partial charge in [0.05, 0.1) is 17.6 Å². The molecule has 74 valence electrons. The standard InChI is InChI=1S/C11H13NOS/c1-7-5-9(8(2)14-7)10(13)11(6-12)3-4-11/h5,10,13H,3-4H2,1-2H3. The van der Waals surface area contributed by atoms with Gasteiger partial charge in [-0.15, -0.1) is 11.3 Å². The molecule has 1 heterocycles. The molecule has 1 aliphatic rings. The molecule has 1 aliphatic carbocycles. The summed E-state index contributed by atoms with van der Waals surface area (Å²) in [7, 11) is 0. The number of nitriles is 1. The third-order valence-corrected chi connectivity index (χ3v) is 3.89. The predicted molar refractivity (Wildman–Crippen MR) is 56.0 cm³/mol. The number of aliphatic hydroxyl groups excluding tert-OH is 1. The van der Waals surface area contributed by atoms with Gasteiger partial charge in [0, 0.05) is 9.75 Å². The van der Waals surface area contributed by atoms with Crippen LogP contribution in [0.2, 0.25) is 0 Å². The third-order valence-electron chi connectivity index (χ3n) is 2.91. The van der Waals surface area contributed by atoms with E-state index in [1.54, 1.807) is 11.3 Å². The molecule has 1 saturated carbocycles. The Bertz CT molecular complexity index is 398. The largest absolute Gasteiger partial charge is 0.387 e. The normalized spacial score (nSPS) is 20.1. The van der Waals surface area contributed by atoms with Gasteiger partial charge in [-0.2, -0.15) is 5.26 Å². The van der Waals surface area contributed by atoms with E-state index in [0.29, 0.717) is 0 Å². The van der Waals surface area contributed by atoms with Crippen LogP contribution < -0.4 is 0 Å². The van der Waals surface area contributed by atoms with E-state index in [0.717, 1.165) is 23.3 Å². The van der Waals surface area contributed by atoms with Crippen molar-refractivity contribution in [1.82, 2.24) is 0 Å². The monoisotopic (exact) mass is 207 g/mol. The van der Waals surface area contributed by atoms with Gasteiger partial charge in [-0.1, -0.05) is 0 Å². The van der Waals surface area contributed by atoms with Crippen LogP contribution in [-0.4, -0.2) is 5.11 Å². The van der Waals surface area contributed by atoms with Gasteiger partial charge >= 0.3 is 0 Å². The smallest absolute Gasteiger partial charge is 0.0987 e. The number of aliphatic hydroxyl groups is 1. The van der Waals surface area contributed by atoms with Crippen molar-refractivity contribution in [1.29, 1.82) is 5.26 Å². The maximum atomic E-state index is 10.1. The quantitative estimate of drug-likeness (QED) is 0.810. The fourth-order valence-corrected chi connectivity index (χ4v) is 2.76. The van der Waals surface area contributed by atoms with E-state index in [-0.39, 0.29) is 0 Å². The molecule has 2 nitrogen and oxygen atoms in total. The molecule has 3 heteroatoms. The summed E-state index contributed by atoms with van der Waals surface area (Å²) < 4.78 is 0. The van der Waals surface area contributed by atoms with Gasteiger partial charge in [0.2, 0.25) is 0 Å². The first-order valence-electron chi connectivity index (χ1n) is 4.75. The molecular formula is C11H13NOS. The van der Waals surface area contributed by atoms with Crippen LogP contribution in [0.4, 0.5) is 0 Å². The van der Waals surface area contributed by atoms with Crippen LogP contribution in [0, 0.1) is 30.6 Å². The van der Waals surface area contributed by atoms with Gasteiger partial charge in [-0.25, -0.2) is 0 Å². The number of hydrogen-bond donors (Lipinski definition) is 1. The van der Waals surface area contributed by atoms with E-state index in [2.05, 4.69) is 6.07 Å². The zero-order valence-electron chi connectivity index (χ0n) is 8.37. The third kappa shape index (κ3) is 1.35. The Morgan fingerprint density at radius 1 is 1.57 bits per heavy atom. The summed E-state index contributed by atoms with van der Waals surface area (Å²) >= 11 is 1.68. The zero-order valence-corrected chi connectivity index (χ0v) is 9.19. The lowest BCUT2D eigenvalue weighted by Gasteiger charge is -2.14. The van der Waals surface area contributed by atoms with Crippen LogP contribution in [0.1, 0.15) is 34.3 Å². The SMILES string of the molecule is Cc1cc(C(O)C2(C#N)CC2)c(C)s1. The van der Waals surface area contributed by atoms with E-state index in [1.807, 2.05) is 19.9 Å². The van der Waals surface area contributed by atoms with Crippen LogP contribution >= 0.6 is 11.3 Å². The number of nitrogens with zero attached hydrogens (tertiary/aromatic N) is 1. The minimum atomic E-state index is -0.586. The average molecular weight is 207 g/mol. The van der Waals surface area contributed by atoms with Gasteiger partial charge in [0.25, 0.3) is 0 Å². The molecule has 1 fully saturated rings. The average Bonchev–Trinajstić information content (AvgIpc) is 2.87. The van der Waals surface area contributed by atoms with Crippen molar-refractivity contribution >= 4 is 11.3 Å². The fourth-order valence-electron chi connectivity index (χ4n) is 1.80. The summed E-state index contributed by atoms with van der Waals surface area (Å²) in [4.78, 5) is 2.34. The van der Waals surface area contributed by atoms with E-state index in [9.17, 15) is 5.11 Å². The second-order valence-corrected chi connectivity index (χ2v) is 5.50. The Morgan fingerprint density at radius 3 is 2.57 bits per heavy atom. The Labute approximate surface area is 87.8 Å². The second-order valence-electron chi connectivity index (χ2n) is 4.04. The fraction of sp³-hybridized carbons (Fsp3) is 0.545. The molecule has 0 radical (unpaired) electrons. The van der Waals surface area contributed by atoms with Crippen molar-refractivity contribution in [2.24, 2.45) is 5.41 Å². The first kappa shape index (κ1) is 9.70. The van der Waals surface area contributed by atoms with Gasteiger partial charge in [0.15, 0.2) is 0 Å². The lowest BCUT2D eigenvalue weighted by atomic mass is 9.94. The summed E-state index contributed by atoms with van der Waals surface area (Å²) in [6, 6.07) is 4.24. The van der Waals surface area contributed by atoms with Gasteiger partial charge in [0.1, 0.15) is 0 Å². The molecule has 0 aromatic carbocycles. The molecule has 1 N–H and O–H groups in total. The maximum absolute atomic E-state index is 10.1. The van der Waals surface area contributed by atoms with Crippen molar-refractivity contribution < 1.29 is 5.11 Å². The minimum absolute atomic E-state index is 0.474. The molecule has 0 amide bonds. The maximum Gasteiger partial charge on any atom is 0.0987 e. The number of hydrogen-bond acceptors (Lipinski definition) is 3. The molecule has 1 aromatic heterocycles. The summed E-state index contributed by atoms with van der Waals surface area (Å²) in [6.45, 7) is 4.03. The molecule has 0 aliphatic heterocycles. The zero-order chi connectivity index (χ0) is 10.3. The van der Waals surface area contributed by atoms with E-state index in [4.69, 9.17) is 5.26 Å². The van der Waals surface area contributed by atoms with E-state index >= 15 is 0 Å². The molecule has 14 heavy (non-hydrogen) atoms. The highest BCUT2D eigenvalue weighted by atomic mass is 32.1. The van der Waals surface area contributed by atoms with Gasteiger partial charge in [-0.3, -0.25) is 0 Å². The highest BCUT2D eigenvalue weighted by Crippen LogP contribution is 2.55. The van der Waals surface area contributed by atoms with Crippen LogP contribution in [0.25, 0.3) is 0 Å². The molecule has 1 aromatic rings. The number of thiophene rings is 1. The van der Waals surface area contributed by atoms with Gasteiger partial charge in [-0.05, 0) is 38.3 Å². The summed E-state index contributed by atoms with van der Waals surface area (Å²) in [6.07, 6.45) is 1.08. The molecule has 1 atom stereocenters. The lowest BCUT2D eigenvalue weighted by Crippen LogP contribution is -2.11. The van der Waals surface area contributed by atoms with Crippen LogP contribution in [0.3, 0.4) is 0 Å². The van der Waals surface area contributed by atoms with Crippen molar-refractivity contribution in [2.45, 2.75) is 32.8 Å². The van der Waals surface area contributed by atoms with Crippen molar-refractivity contribution in [3.05, 3.63) is 21.4 Å². The van der Waals surface area contributed by atoms with Crippen LogP contribution in [0.15, 0.2) is 6.07 Å². The Hall–Kier alpha value is -0.850. The number of aryl methyl sites for hydroxylation is 2. The Morgan fingerprint density at radius 2 is 2.21 bits per heavy atom.